The van der Waals surface area contributed by atoms with Crippen LogP contribution in [0.15, 0.2) is 243 Å². The average Bonchev–Trinajstić information content (AvgIpc) is 1.60. The highest BCUT2D eigenvalue weighted by Crippen LogP contribution is 2.40. The number of aryl methyl sites for hydroxylation is 3. The van der Waals surface area contributed by atoms with Gasteiger partial charge in [0.25, 0.3) is 0 Å². The number of allylic oxidation sites excluding steroid dienone is 1. The number of halogens is 9. The first-order valence-electron chi connectivity index (χ1n) is 41.3. The molecule has 23 nitrogen and oxygen atoms in total. The molecule has 0 spiro atoms. The quantitative estimate of drug-likeness (QED) is 0.0128. The SMILES string of the molecule is CN(C)/C=C/C(=O)Cc1ccc(F)cc1.CON(C)C(=O)Cc1ccc(F)cc1.COc1c(-c2nccc(Cc3ccc(F)cc3)n2)cc(Cl)c2nc(C)[nH]c12.C[Si](C)(C)C#CC(=O)Cc1ccc(F)cc1.Cc1nc2c(Cl)cc(-c3nccc(Cc4ccc(F)cc4)n3)c(O)c2[nH]1.Cc1nc2c(O)c(-c3nccc(Cc4ccc(F)cc4)n3)ccc2[nH]1.O=C(O)Cc1ccc(F)cc1. The number of hydrogen-bond donors (Lipinski definition) is 6. The second kappa shape index (κ2) is 48.2. The minimum atomic E-state index is -1.49. The Hall–Kier alpha value is -15.1. The summed E-state index contributed by atoms with van der Waals surface area (Å²) in [5, 5.41) is 31.5. The van der Waals surface area contributed by atoms with Crippen LogP contribution in [0.5, 0.6) is 17.2 Å². The van der Waals surface area contributed by atoms with E-state index >= 15 is 0 Å². The Kier molecular flexibility index (Phi) is 36.3. The molecule has 16 rings (SSSR count). The van der Waals surface area contributed by atoms with Gasteiger partial charge in [-0.25, -0.2) is 80.7 Å². The van der Waals surface area contributed by atoms with Crippen LogP contribution in [0.4, 0.5) is 30.7 Å². The number of aliphatic carboxylic acids is 1. The van der Waals surface area contributed by atoms with Crippen molar-refractivity contribution in [2.24, 2.45) is 0 Å². The summed E-state index contributed by atoms with van der Waals surface area (Å²) in [4.78, 5) is 99.7. The lowest BCUT2D eigenvalue weighted by molar-refractivity contribution is -0.167. The Bertz CT molecular complexity index is 6820. The van der Waals surface area contributed by atoms with Gasteiger partial charge in [0, 0.05) is 95.1 Å². The number of aromatic amines is 3. The molecular weight excluding hydrogens is 1790 g/mol. The smallest absolute Gasteiger partial charge is 0.307 e. The zero-order valence-corrected chi connectivity index (χ0v) is 77.2. The standard InChI is InChI=1S/C20H16ClFN4O.C19H14ClFN4O.C19H15FN4O.C13H15FOSi.C12H14FNO.C10H12FNO2.C8H7FO2/c1-11-24-17-16(21)10-15(19(27-2)18(17)25-11)20-23-8-7-14(26-20)9-12-3-5-13(22)6-4-12;1-10-23-16-15(20)9-14(18(26)17(16)24-10)19-22-7-6-13(25-19)8-11-2-4-12(21)5-3-11;1-11-22-16-7-6-15(18(25)17(16)23-11)19-21-9-8-14(24-19)10-12-2-4-13(20)5-3-12;1-16(2,3)9-8-13(15)10-11-4-6-12(14)7-5-11;1-14(2)8-7-12(15)9-10-3-5-11(13)6-4-10;1-12(14-2)10(13)7-8-3-5-9(11)6-4-8;9-7-3-1-6(2-4-7)5-8(10)11/h3-8,10H,9H2,1-2H3,(H,24,25);2-7,9,26H,8H2,1H3,(H,23,24);2-9,25H,10H2,1H3,(H,22,23);4-7H,10H2,1-3H3;3-8H,9H2,1-2H3;3-6H,7H2,1-2H3;1-4H,5H2,(H,10,11)/b;;;;8-7+;;. The van der Waals surface area contributed by atoms with Crippen molar-refractivity contribution < 1.29 is 74.8 Å². The van der Waals surface area contributed by atoms with Crippen molar-refractivity contribution in [2.75, 3.05) is 35.4 Å². The maximum Gasteiger partial charge on any atom is 0.307 e. The lowest BCUT2D eigenvalue weighted by atomic mass is 10.1. The Morgan fingerprint density at radius 1 is 0.433 bits per heavy atom. The molecular formula is C101H93Cl2F7N14O9Si. The van der Waals surface area contributed by atoms with Crippen molar-refractivity contribution in [3.8, 4) is 62.9 Å². The van der Waals surface area contributed by atoms with Crippen LogP contribution in [0.25, 0.3) is 67.3 Å². The number of Topliss-reactive ketones (excluding diaryl/α,β-unsaturated/α-hetero) is 1. The fraction of sp³-hybridized carbons (Fsp3) is 0.178. The summed E-state index contributed by atoms with van der Waals surface area (Å²) in [6, 6.07) is 54.5. The molecule has 0 fully saturated rings. The van der Waals surface area contributed by atoms with Crippen molar-refractivity contribution in [1.29, 1.82) is 0 Å². The second-order valence-corrected chi connectivity index (χ2v) is 36.9. The average molecular weight is 1880 g/mol. The third-order valence-electron chi connectivity index (χ3n) is 19.2. The summed E-state index contributed by atoms with van der Waals surface area (Å²) in [6.07, 6.45) is 10.6. The summed E-state index contributed by atoms with van der Waals surface area (Å²) in [5.74, 6) is 3.54. The van der Waals surface area contributed by atoms with Gasteiger partial charge in [0.05, 0.1) is 59.3 Å². The van der Waals surface area contributed by atoms with E-state index in [0.29, 0.717) is 115 Å². The van der Waals surface area contributed by atoms with Gasteiger partial charge in [-0.1, -0.05) is 128 Å². The Morgan fingerprint density at radius 2 is 0.791 bits per heavy atom. The normalized spacial score (nSPS) is 10.7. The summed E-state index contributed by atoms with van der Waals surface area (Å²) < 4.78 is 94.8. The van der Waals surface area contributed by atoms with Gasteiger partial charge in [-0.15, -0.1) is 5.54 Å². The van der Waals surface area contributed by atoms with Crippen molar-refractivity contribution in [3.05, 3.63) is 367 Å². The van der Waals surface area contributed by atoms with Crippen LogP contribution in [0.2, 0.25) is 29.7 Å². The van der Waals surface area contributed by atoms with E-state index in [1.54, 1.807) is 147 Å². The minimum Gasteiger partial charge on any atom is -0.505 e. The highest BCUT2D eigenvalue weighted by atomic mass is 35.5. The predicted octanol–water partition coefficient (Wildman–Crippen LogP) is 20.6. The van der Waals surface area contributed by atoms with Gasteiger partial charge < -0.3 is 39.9 Å². The van der Waals surface area contributed by atoms with Crippen LogP contribution < -0.4 is 4.74 Å². The minimum absolute atomic E-state index is 0.00364. The van der Waals surface area contributed by atoms with Crippen LogP contribution in [-0.4, -0.2) is 152 Å². The van der Waals surface area contributed by atoms with Crippen molar-refractivity contribution >= 4 is 87.8 Å². The Labute approximate surface area is 778 Å². The first-order chi connectivity index (χ1) is 63.9. The van der Waals surface area contributed by atoms with E-state index in [1.165, 1.54) is 117 Å². The number of methoxy groups -OCH3 is 1. The number of aromatic nitrogens is 12. The van der Waals surface area contributed by atoms with Crippen LogP contribution >= 0.6 is 23.2 Å². The zero-order chi connectivity index (χ0) is 96.9. The number of carbonyl (C=O) groups excluding carboxylic acids is 3. The van der Waals surface area contributed by atoms with Gasteiger partial charge in [-0.05, 0) is 199 Å². The molecule has 0 saturated heterocycles. The van der Waals surface area contributed by atoms with E-state index in [4.69, 9.17) is 37.9 Å². The zero-order valence-electron chi connectivity index (χ0n) is 74.7. The molecule has 0 atom stereocenters. The number of hydroxylamine groups is 2. The number of carboxylic acid groups (broad SMARTS) is 1. The summed E-state index contributed by atoms with van der Waals surface area (Å²) in [6.45, 7) is 11.7. The van der Waals surface area contributed by atoms with Crippen LogP contribution in [0.1, 0.15) is 73.5 Å². The van der Waals surface area contributed by atoms with Crippen molar-refractivity contribution in [1.82, 2.24) is 69.8 Å². The Morgan fingerprint density at radius 3 is 1.19 bits per heavy atom. The highest BCUT2D eigenvalue weighted by Gasteiger charge is 2.22. The van der Waals surface area contributed by atoms with Gasteiger partial charge in [-0.2, -0.15) is 0 Å². The molecule has 0 bridgehead atoms. The number of ether oxygens (including phenoxy) is 1. The van der Waals surface area contributed by atoms with Crippen LogP contribution in [-0.2, 0) is 69.0 Å². The molecule has 6 N–H and O–H groups in total. The van der Waals surface area contributed by atoms with Crippen molar-refractivity contribution in [2.45, 2.75) is 85.4 Å². The number of ketones is 2. The number of fused-ring (bicyclic) bond motifs is 3. The van der Waals surface area contributed by atoms with Crippen molar-refractivity contribution in [3.63, 3.8) is 0 Å². The van der Waals surface area contributed by atoms with Crippen LogP contribution in [0, 0.1) is 73.0 Å². The topological polar surface area (TPSA) is 317 Å². The molecule has 1 amide bonds. The molecule has 6 heterocycles. The van der Waals surface area contributed by atoms with Gasteiger partial charge in [-0.3, -0.25) is 24.0 Å². The van der Waals surface area contributed by atoms with Crippen LogP contribution in [0.3, 0.4) is 0 Å². The number of phenols is 2. The molecule has 16 aromatic rings. The lowest BCUT2D eigenvalue weighted by Crippen LogP contribution is -2.26. The number of rotatable bonds is 21. The monoisotopic (exact) mass is 1880 g/mol. The predicted molar refractivity (Wildman–Crippen MR) is 505 cm³/mol. The van der Waals surface area contributed by atoms with E-state index in [9.17, 15) is 60.1 Å². The maximum atomic E-state index is 13.1. The fourth-order valence-corrected chi connectivity index (χ4v) is 13.6. The molecule has 0 radical (unpaired) electrons. The van der Waals surface area contributed by atoms with Gasteiger partial charge in [0.1, 0.15) is 93.9 Å². The van der Waals surface area contributed by atoms with Gasteiger partial charge >= 0.3 is 5.97 Å². The van der Waals surface area contributed by atoms with E-state index in [-0.39, 0.29) is 89.0 Å². The lowest BCUT2D eigenvalue weighted by Gasteiger charge is -2.13. The van der Waals surface area contributed by atoms with E-state index < -0.39 is 14.0 Å². The Balaban J connectivity index is 0.000000166. The molecule has 134 heavy (non-hydrogen) atoms. The molecule has 0 unspecified atom stereocenters. The number of benzene rings is 10. The number of phenolic OH excluding ortho intramolecular Hbond substituents is 2. The summed E-state index contributed by atoms with van der Waals surface area (Å²) in [5.41, 5.74) is 16.4. The number of carbonyl (C=O) groups is 4. The first-order valence-corrected chi connectivity index (χ1v) is 45.6. The number of likely N-dealkylation sites (N-methyl/N-ethyl adjacent to an activating group) is 1. The molecule has 10 aromatic carbocycles. The van der Waals surface area contributed by atoms with Gasteiger partial charge in [0.2, 0.25) is 11.7 Å². The molecule has 6 aromatic heterocycles. The number of hydrogen-bond acceptors (Lipinski definition) is 18. The number of nitrogens with one attached hydrogen (secondary N) is 3. The van der Waals surface area contributed by atoms with E-state index in [1.807, 2.05) is 40.1 Å². The second-order valence-electron chi connectivity index (χ2n) is 31.3. The third kappa shape index (κ3) is 31.0. The first kappa shape index (κ1) is 101. The van der Waals surface area contributed by atoms with Gasteiger partial charge in [0.15, 0.2) is 40.5 Å². The molecule has 688 valence electrons. The summed E-state index contributed by atoms with van der Waals surface area (Å²) in [7, 11) is 6.75. The number of amides is 1. The highest BCUT2D eigenvalue weighted by molar-refractivity contribution is 6.84. The van der Waals surface area contributed by atoms with E-state index in [0.717, 1.165) is 72.7 Å². The number of H-pyrrole nitrogens is 3. The number of imidazole rings is 3. The molecule has 0 aliphatic carbocycles. The van der Waals surface area contributed by atoms with E-state index in [2.05, 4.69) is 90.9 Å². The fourth-order valence-electron chi connectivity index (χ4n) is 12.6. The number of carboxylic acids is 1. The molecule has 0 aliphatic rings. The molecule has 0 saturated carbocycles. The number of nitrogens with zero attached hydrogens (tertiary/aromatic N) is 11. The molecule has 33 heteroatoms. The number of aromatic hydroxyl groups is 2. The maximum absolute atomic E-state index is 13.1. The largest absolute Gasteiger partial charge is 0.505 e. The summed E-state index contributed by atoms with van der Waals surface area (Å²) >= 11 is 12.7. The molecule has 0 aliphatic heterocycles. The third-order valence-corrected chi connectivity index (χ3v) is 20.6.